The summed E-state index contributed by atoms with van der Waals surface area (Å²) in [6.45, 7) is 17.1. The van der Waals surface area contributed by atoms with Crippen molar-refractivity contribution in [3.05, 3.63) is 12.2 Å². The maximum Gasteiger partial charge on any atom is 0.698 e. The average molecular weight is 422 g/mol. The molecular weight excluding hydrogens is 386 g/mol. The third-order valence-electron chi connectivity index (χ3n) is 4.05. The van der Waals surface area contributed by atoms with Crippen LogP contribution in [0.25, 0.3) is 0 Å². The molecule has 3 atom stereocenters. The summed E-state index contributed by atoms with van der Waals surface area (Å²) in [6.07, 6.45) is 5.85. The fourth-order valence-corrected chi connectivity index (χ4v) is 5.51. The van der Waals surface area contributed by atoms with Gasteiger partial charge in [0.1, 0.15) is 22.9 Å². The van der Waals surface area contributed by atoms with Crippen LogP contribution >= 0.6 is 16.5 Å². The van der Waals surface area contributed by atoms with Gasteiger partial charge in [-0.1, -0.05) is 19.1 Å². The van der Waals surface area contributed by atoms with E-state index in [9.17, 15) is 9.13 Å². The van der Waals surface area contributed by atoms with Crippen molar-refractivity contribution >= 4 is 16.5 Å². The van der Waals surface area contributed by atoms with E-state index >= 15 is 0 Å². The number of allylic oxidation sites excluding steroid dienone is 1. The largest absolute Gasteiger partial charge is 0.698 e. The Bertz CT molecular complexity index is 583. The molecule has 0 aromatic heterocycles. The van der Waals surface area contributed by atoms with E-state index in [0.717, 1.165) is 0 Å². The first-order valence-electron chi connectivity index (χ1n) is 9.40. The predicted octanol–water partition coefficient (Wildman–Crippen LogP) is 6.86. The van der Waals surface area contributed by atoms with Gasteiger partial charge >= 0.3 is 16.5 Å². The van der Waals surface area contributed by atoms with Gasteiger partial charge < -0.3 is 0 Å². The Morgan fingerprint density at radius 1 is 1.15 bits per heavy atom. The van der Waals surface area contributed by atoms with Crippen molar-refractivity contribution in [1.29, 1.82) is 0 Å². The van der Waals surface area contributed by atoms with E-state index in [1.165, 1.54) is 0 Å². The molecule has 0 N–H and O–H groups in total. The van der Waals surface area contributed by atoms with Gasteiger partial charge in [0.2, 0.25) is 0 Å². The van der Waals surface area contributed by atoms with Crippen LogP contribution in [0.5, 0.6) is 0 Å². The fraction of sp³-hybridized carbons (Fsp3) is 0.895. The molecule has 0 aromatic rings. The third kappa shape index (κ3) is 9.69. The quantitative estimate of drug-likeness (QED) is 0.344. The minimum Gasteiger partial charge on any atom is -0.116 e. The molecule has 0 amide bonds. The minimum atomic E-state index is -2.22. The second-order valence-corrected chi connectivity index (χ2v) is 11.4. The molecule has 6 nitrogen and oxygen atoms in total. The number of hydrogen-bond donors (Lipinski definition) is 0. The Labute approximate surface area is 166 Å². The Hall–Kier alpha value is -0.220. The summed E-state index contributed by atoms with van der Waals surface area (Å²) in [5, 5.41) is 0. The molecule has 0 bridgehead atoms. The smallest absolute Gasteiger partial charge is 0.116 e. The molecule has 0 fully saturated rings. The van der Waals surface area contributed by atoms with Crippen LogP contribution in [0.2, 0.25) is 0 Å². The van der Waals surface area contributed by atoms with Crippen molar-refractivity contribution in [3.63, 3.8) is 0 Å². The van der Waals surface area contributed by atoms with Gasteiger partial charge in [-0.15, -0.1) is 18.1 Å². The highest BCUT2D eigenvalue weighted by molar-refractivity contribution is 7.33. The summed E-state index contributed by atoms with van der Waals surface area (Å²) in [5.41, 5.74) is -2.23. The van der Waals surface area contributed by atoms with Crippen LogP contribution < -0.4 is 0 Å². The van der Waals surface area contributed by atoms with Crippen molar-refractivity contribution in [2.75, 3.05) is 0 Å². The first-order chi connectivity index (χ1) is 12.0. The van der Waals surface area contributed by atoms with Gasteiger partial charge in [-0.25, -0.2) is 0 Å². The van der Waals surface area contributed by atoms with Gasteiger partial charge in [0.15, 0.2) is 0 Å². The van der Waals surface area contributed by atoms with Crippen LogP contribution in [0.4, 0.5) is 0 Å². The second-order valence-electron chi connectivity index (χ2n) is 9.77. The molecule has 3 unspecified atom stereocenters. The summed E-state index contributed by atoms with van der Waals surface area (Å²) in [6, 6.07) is 0. The highest BCUT2D eigenvalue weighted by Gasteiger charge is 2.46. The lowest BCUT2D eigenvalue weighted by molar-refractivity contribution is -0.000653. The molecule has 0 aromatic carbocycles. The lowest BCUT2D eigenvalue weighted by Crippen LogP contribution is -2.37. The average Bonchev–Trinajstić information content (AvgIpc) is 2.30. The van der Waals surface area contributed by atoms with Crippen molar-refractivity contribution in [1.82, 2.24) is 0 Å². The van der Waals surface area contributed by atoms with Crippen LogP contribution in [-0.4, -0.2) is 22.9 Å². The molecule has 8 heteroatoms. The number of rotatable bonds is 6. The third-order valence-corrected chi connectivity index (χ3v) is 6.57. The van der Waals surface area contributed by atoms with Gasteiger partial charge in [-0.05, 0) is 80.1 Å². The van der Waals surface area contributed by atoms with Crippen molar-refractivity contribution in [3.8, 4) is 0 Å². The normalized spacial score (nSPS) is 28.2. The van der Waals surface area contributed by atoms with Gasteiger partial charge in [0, 0.05) is 9.13 Å². The maximum absolute atomic E-state index is 12.3. The van der Waals surface area contributed by atoms with Crippen molar-refractivity contribution in [2.45, 2.75) is 104 Å². The molecule has 0 aliphatic carbocycles. The number of hydrogen-bond acceptors (Lipinski definition) is 6. The van der Waals surface area contributed by atoms with E-state index in [1.54, 1.807) is 0 Å². The standard InChI is InChI=1S/C19H36O6P2/c1-15(2)22-26(20)24-17(5,6)13-19(9)12-10-11-16(3,4)23-27(21)25-18(7,8)14-19/h10,12,15H,11,13-14H2,1-9H3/q+2. The predicted molar refractivity (Wildman–Crippen MR) is 108 cm³/mol. The first kappa shape index (κ1) is 24.8. The zero-order valence-corrected chi connectivity index (χ0v) is 20.0. The Balaban J connectivity index is 3.05. The lowest BCUT2D eigenvalue weighted by Gasteiger charge is -2.37. The summed E-state index contributed by atoms with van der Waals surface area (Å²) < 4.78 is 46.6. The van der Waals surface area contributed by atoms with Gasteiger partial charge in [-0.2, -0.15) is 0 Å². The zero-order valence-electron chi connectivity index (χ0n) is 18.2. The highest BCUT2D eigenvalue weighted by atomic mass is 31.1. The fourth-order valence-electron chi connectivity index (χ4n) is 3.67. The molecule has 0 saturated heterocycles. The van der Waals surface area contributed by atoms with Gasteiger partial charge in [0.25, 0.3) is 0 Å². The molecule has 1 aliphatic rings. The van der Waals surface area contributed by atoms with Crippen LogP contribution in [0, 0.1) is 5.41 Å². The molecule has 1 heterocycles. The topological polar surface area (TPSA) is 71.1 Å². The van der Waals surface area contributed by atoms with Crippen molar-refractivity contribution < 1.29 is 27.2 Å². The molecule has 0 radical (unpaired) electrons. The molecule has 1 aliphatic heterocycles. The van der Waals surface area contributed by atoms with E-state index in [2.05, 4.69) is 19.1 Å². The molecule has 27 heavy (non-hydrogen) atoms. The SMILES string of the molecule is CC(C)O[P+](=O)OC(C)(C)CC1(C)C=CCC(C)(C)O[P+](=O)OC(C)(C)C1. The molecule has 1 rings (SSSR count). The second kappa shape index (κ2) is 9.07. The summed E-state index contributed by atoms with van der Waals surface area (Å²) in [7, 11) is -4.42. The van der Waals surface area contributed by atoms with Crippen LogP contribution in [0.15, 0.2) is 12.2 Å². The monoisotopic (exact) mass is 422 g/mol. The Morgan fingerprint density at radius 2 is 1.70 bits per heavy atom. The van der Waals surface area contributed by atoms with Crippen LogP contribution in [0.1, 0.15) is 81.6 Å². The minimum absolute atomic E-state index is 0.167. The molecule has 156 valence electrons. The Morgan fingerprint density at radius 3 is 2.26 bits per heavy atom. The van der Waals surface area contributed by atoms with E-state index in [1.807, 2.05) is 55.4 Å². The van der Waals surface area contributed by atoms with E-state index < -0.39 is 33.3 Å². The van der Waals surface area contributed by atoms with Crippen LogP contribution in [0.3, 0.4) is 0 Å². The van der Waals surface area contributed by atoms with Gasteiger partial charge in [-0.3, -0.25) is 0 Å². The highest BCUT2D eigenvalue weighted by Crippen LogP contribution is 2.47. The molecule has 0 spiro atoms. The molecule has 0 saturated carbocycles. The summed E-state index contributed by atoms with van der Waals surface area (Å²) >= 11 is 0. The van der Waals surface area contributed by atoms with Crippen molar-refractivity contribution in [2.24, 2.45) is 5.41 Å². The lowest BCUT2D eigenvalue weighted by atomic mass is 9.73. The van der Waals surface area contributed by atoms with Gasteiger partial charge in [0.05, 0.1) is 0 Å². The maximum atomic E-state index is 12.3. The Kier molecular flexibility index (Phi) is 8.34. The van der Waals surface area contributed by atoms with E-state index in [-0.39, 0.29) is 11.5 Å². The van der Waals surface area contributed by atoms with E-state index in [0.29, 0.717) is 19.3 Å². The summed E-state index contributed by atoms with van der Waals surface area (Å²) in [4.78, 5) is 0. The summed E-state index contributed by atoms with van der Waals surface area (Å²) in [5.74, 6) is 0. The van der Waals surface area contributed by atoms with E-state index in [4.69, 9.17) is 18.1 Å². The zero-order chi connectivity index (χ0) is 21.1. The first-order valence-corrected chi connectivity index (χ1v) is 11.6. The van der Waals surface area contributed by atoms with Crippen LogP contribution in [-0.2, 0) is 27.2 Å². The molecular formula is C19H36O6P2+2.